The highest BCUT2D eigenvalue weighted by molar-refractivity contribution is 14.0. The Hall–Kier alpha value is -0.570. The van der Waals surface area contributed by atoms with Gasteiger partial charge >= 0.3 is 0 Å². The molecule has 1 heterocycles. The number of amides is 1. The van der Waals surface area contributed by atoms with Gasteiger partial charge in [-0.1, -0.05) is 13.3 Å². The van der Waals surface area contributed by atoms with Crippen LogP contribution in [0.5, 0.6) is 0 Å². The minimum absolute atomic E-state index is 0. The van der Waals surface area contributed by atoms with Crippen LogP contribution in [0.2, 0.25) is 0 Å². The van der Waals surface area contributed by atoms with Crippen LogP contribution in [-0.2, 0) is 4.79 Å². The van der Waals surface area contributed by atoms with E-state index in [1.54, 1.807) is 0 Å². The van der Waals surface area contributed by atoms with Crippen molar-refractivity contribution in [2.45, 2.75) is 58.5 Å². The standard InChI is InChI=1S/C18H35N5O.HI/c1-13(2)23-11-14(3)16(12-23)22-18(19-4)21-10-6-9-20-17(24)15-7-5-8-15;/h13-16H,5-12H2,1-4H3,(H,20,24)(H2,19,21,22);1H. The first-order valence-corrected chi connectivity index (χ1v) is 9.50. The molecule has 2 atom stereocenters. The highest BCUT2D eigenvalue weighted by Crippen LogP contribution is 2.26. The number of nitrogens with zero attached hydrogens (tertiary/aromatic N) is 2. The average Bonchev–Trinajstić information content (AvgIpc) is 2.85. The quantitative estimate of drug-likeness (QED) is 0.232. The second kappa shape index (κ2) is 11.2. The molecule has 0 spiro atoms. The Morgan fingerprint density at radius 3 is 2.40 bits per heavy atom. The Bertz CT molecular complexity index is 439. The second-order valence-electron chi connectivity index (χ2n) is 7.55. The zero-order valence-corrected chi connectivity index (χ0v) is 18.5. The summed E-state index contributed by atoms with van der Waals surface area (Å²) >= 11 is 0. The molecule has 0 aromatic carbocycles. The number of aliphatic imine (C=N–C) groups is 1. The Morgan fingerprint density at radius 2 is 1.88 bits per heavy atom. The highest BCUT2D eigenvalue weighted by atomic mass is 127. The maximum absolute atomic E-state index is 11.8. The van der Waals surface area contributed by atoms with E-state index in [9.17, 15) is 4.79 Å². The Balaban J connectivity index is 0.00000312. The molecule has 0 bridgehead atoms. The number of guanidine groups is 1. The molecule has 1 amide bonds. The molecule has 2 rings (SSSR count). The van der Waals surface area contributed by atoms with Crippen molar-refractivity contribution < 1.29 is 4.79 Å². The Morgan fingerprint density at radius 1 is 1.20 bits per heavy atom. The predicted octanol–water partition coefficient (Wildman–Crippen LogP) is 1.80. The largest absolute Gasteiger partial charge is 0.356 e. The summed E-state index contributed by atoms with van der Waals surface area (Å²) < 4.78 is 0. The SMILES string of the molecule is CN=C(NCCCNC(=O)C1CCC1)NC1CN(C(C)C)CC1C.I. The summed E-state index contributed by atoms with van der Waals surface area (Å²) in [7, 11) is 1.81. The van der Waals surface area contributed by atoms with Gasteiger partial charge in [-0.15, -0.1) is 24.0 Å². The molecule has 3 N–H and O–H groups in total. The molecule has 2 aliphatic rings. The summed E-state index contributed by atoms with van der Waals surface area (Å²) in [5.41, 5.74) is 0. The first-order chi connectivity index (χ1) is 11.5. The molecule has 146 valence electrons. The number of likely N-dealkylation sites (tertiary alicyclic amines) is 1. The van der Waals surface area contributed by atoms with Gasteiger partial charge in [0, 0.05) is 51.2 Å². The molecule has 2 fully saturated rings. The van der Waals surface area contributed by atoms with E-state index in [1.165, 1.54) is 6.42 Å². The van der Waals surface area contributed by atoms with Gasteiger partial charge in [0.1, 0.15) is 0 Å². The fraction of sp³-hybridized carbons (Fsp3) is 0.889. The fourth-order valence-corrected chi connectivity index (χ4v) is 3.31. The lowest BCUT2D eigenvalue weighted by Crippen LogP contribution is -2.47. The van der Waals surface area contributed by atoms with Crippen molar-refractivity contribution in [3.05, 3.63) is 0 Å². The number of carbonyl (C=O) groups excluding carboxylic acids is 1. The van der Waals surface area contributed by atoms with Gasteiger partial charge in [0.05, 0.1) is 0 Å². The van der Waals surface area contributed by atoms with E-state index in [1.807, 2.05) is 7.05 Å². The molecule has 1 aliphatic carbocycles. The summed E-state index contributed by atoms with van der Waals surface area (Å²) in [6.45, 7) is 10.6. The van der Waals surface area contributed by atoms with Crippen LogP contribution in [0.3, 0.4) is 0 Å². The van der Waals surface area contributed by atoms with Gasteiger partial charge in [-0.25, -0.2) is 0 Å². The summed E-state index contributed by atoms with van der Waals surface area (Å²) in [5.74, 6) is 1.99. The van der Waals surface area contributed by atoms with Crippen molar-refractivity contribution in [3.8, 4) is 0 Å². The van der Waals surface area contributed by atoms with E-state index in [2.05, 4.69) is 46.6 Å². The van der Waals surface area contributed by atoms with E-state index in [0.29, 0.717) is 18.0 Å². The van der Waals surface area contributed by atoms with Crippen molar-refractivity contribution in [3.63, 3.8) is 0 Å². The summed E-state index contributed by atoms with van der Waals surface area (Å²) in [5, 5.41) is 9.94. The molecule has 25 heavy (non-hydrogen) atoms. The van der Waals surface area contributed by atoms with E-state index in [0.717, 1.165) is 51.4 Å². The Kier molecular flexibility index (Phi) is 10.1. The average molecular weight is 465 g/mol. The van der Waals surface area contributed by atoms with Crippen LogP contribution in [0.1, 0.15) is 46.5 Å². The lowest BCUT2D eigenvalue weighted by atomic mass is 9.85. The molecule has 0 aromatic heterocycles. The van der Waals surface area contributed by atoms with Crippen molar-refractivity contribution >= 4 is 35.8 Å². The minimum Gasteiger partial charge on any atom is -0.356 e. The number of nitrogens with one attached hydrogen (secondary N) is 3. The topological polar surface area (TPSA) is 68.8 Å². The van der Waals surface area contributed by atoms with E-state index >= 15 is 0 Å². The number of halogens is 1. The van der Waals surface area contributed by atoms with Gasteiger partial charge < -0.3 is 16.0 Å². The lowest BCUT2D eigenvalue weighted by molar-refractivity contribution is -0.127. The highest BCUT2D eigenvalue weighted by Gasteiger charge is 2.31. The lowest BCUT2D eigenvalue weighted by Gasteiger charge is -2.24. The third-order valence-electron chi connectivity index (χ3n) is 5.34. The zero-order valence-electron chi connectivity index (χ0n) is 16.2. The van der Waals surface area contributed by atoms with Crippen LogP contribution in [0, 0.1) is 11.8 Å². The van der Waals surface area contributed by atoms with Crippen molar-refractivity contribution in [2.24, 2.45) is 16.8 Å². The van der Waals surface area contributed by atoms with Crippen molar-refractivity contribution in [2.75, 3.05) is 33.2 Å². The maximum atomic E-state index is 11.8. The van der Waals surface area contributed by atoms with Crippen LogP contribution >= 0.6 is 24.0 Å². The monoisotopic (exact) mass is 465 g/mol. The van der Waals surface area contributed by atoms with Gasteiger partial charge in [0.25, 0.3) is 0 Å². The number of hydrogen-bond donors (Lipinski definition) is 3. The smallest absolute Gasteiger partial charge is 0.223 e. The van der Waals surface area contributed by atoms with E-state index in [4.69, 9.17) is 0 Å². The van der Waals surface area contributed by atoms with Gasteiger partial charge in [-0.05, 0) is 39.0 Å². The van der Waals surface area contributed by atoms with E-state index < -0.39 is 0 Å². The van der Waals surface area contributed by atoms with E-state index in [-0.39, 0.29) is 35.8 Å². The predicted molar refractivity (Wildman–Crippen MR) is 115 cm³/mol. The van der Waals surface area contributed by atoms with Crippen LogP contribution in [0.4, 0.5) is 0 Å². The molecular weight excluding hydrogens is 429 g/mol. The maximum Gasteiger partial charge on any atom is 0.223 e. The van der Waals surface area contributed by atoms with Crippen LogP contribution in [-0.4, -0.2) is 62.1 Å². The molecule has 1 saturated heterocycles. The van der Waals surface area contributed by atoms with Crippen molar-refractivity contribution in [1.29, 1.82) is 0 Å². The molecule has 1 saturated carbocycles. The summed E-state index contributed by atoms with van der Waals surface area (Å²) in [4.78, 5) is 18.6. The first-order valence-electron chi connectivity index (χ1n) is 9.50. The molecule has 1 aliphatic heterocycles. The molecule has 2 unspecified atom stereocenters. The van der Waals surface area contributed by atoms with Crippen LogP contribution in [0.25, 0.3) is 0 Å². The summed E-state index contributed by atoms with van der Waals surface area (Å²) in [6, 6.07) is 1.03. The third kappa shape index (κ3) is 6.92. The normalized spacial score (nSPS) is 24.6. The summed E-state index contributed by atoms with van der Waals surface area (Å²) in [6.07, 6.45) is 4.24. The van der Waals surface area contributed by atoms with Crippen LogP contribution < -0.4 is 16.0 Å². The number of hydrogen-bond acceptors (Lipinski definition) is 3. The first kappa shape index (κ1) is 22.5. The van der Waals surface area contributed by atoms with Gasteiger partial charge in [-0.3, -0.25) is 14.7 Å². The van der Waals surface area contributed by atoms with Gasteiger partial charge in [0.2, 0.25) is 5.91 Å². The Labute approximate surface area is 170 Å². The number of carbonyl (C=O) groups is 1. The van der Waals surface area contributed by atoms with Crippen LogP contribution in [0.15, 0.2) is 4.99 Å². The van der Waals surface area contributed by atoms with Gasteiger partial charge in [0.15, 0.2) is 5.96 Å². The third-order valence-corrected chi connectivity index (χ3v) is 5.34. The molecule has 6 nitrogen and oxygen atoms in total. The van der Waals surface area contributed by atoms with Crippen molar-refractivity contribution in [1.82, 2.24) is 20.9 Å². The molecule has 0 radical (unpaired) electrons. The van der Waals surface area contributed by atoms with Gasteiger partial charge in [-0.2, -0.15) is 0 Å². The second-order valence-corrected chi connectivity index (χ2v) is 7.55. The fourth-order valence-electron chi connectivity index (χ4n) is 3.31. The molecule has 7 heteroatoms. The molecule has 0 aromatic rings. The minimum atomic E-state index is 0. The number of rotatable bonds is 7. The molecular formula is C18H36IN5O. The zero-order chi connectivity index (χ0) is 17.5.